The number of anilines is 2. The van der Waals surface area contributed by atoms with Gasteiger partial charge in [0.15, 0.2) is 0 Å². The number of hydrogen-bond donors (Lipinski definition) is 2. The van der Waals surface area contributed by atoms with Gasteiger partial charge in [0, 0.05) is 92.3 Å². The van der Waals surface area contributed by atoms with E-state index in [9.17, 15) is 23.6 Å². The van der Waals surface area contributed by atoms with E-state index in [0.29, 0.717) is 97.8 Å². The van der Waals surface area contributed by atoms with E-state index < -0.39 is 17.6 Å². The summed E-state index contributed by atoms with van der Waals surface area (Å²) < 4.78 is 30.5. The summed E-state index contributed by atoms with van der Waals surface area (Å²) in [6, 6.07) is 21.2. The summed E-state index contributed by atoms with van der Waals surface area (Å²) in [5.74, 6) is -0.432. The number of esters is 1. The average molecular weight is 985 g/mol. The third-order valence-electron chi connectivity index (χ3n) is 13.4. The molecule has 4 amide bonds. The fourth-order valence-electron chi connectivity index (χ4n) is 9.92. The summed E-state index contributed by atoms with van der Waals surface area (Å²) in [6.07, 6.45) is 1.27. The molecule has 0 aliphatic carbocycles. The van der Waals surface area contributed by atoms with Crippen LogP contribution in [0.15, 0.2) is 72.8 Å². The highest BCUT2D eigenvalue weighted by molar-refractivity contribution is 6.35. The number of amides is 4. The molecule has 17 heteroatoms. The van der Waals surface area contributed by atoms with Gasteiger partial charge in [0.1, 0.15) is 22.9 Å². The quantitative estimate of drug-likeness (QED) is 0.0796. The third kappa shape index (κ3) is 10.1. The summed E-state index contributed by atoms with van der Waals surface area (Å²) in [5.41, 5.74) is 7.44. The van der Waals surface area contributed by atoms with Gasteiger partial charge in [-0.25, -0.2) is 19.0 Å². The van der Waals surface area contributed by atoms with Crippen molar-refractivity contribution in [2.45, 2.75) is 73.0 Å². The first-order chi connectivity index (χ1) is 33.9. The third-order valence-corrected chi connectivity index (χ3v) is 13.7. The molecule has 4 aromatic carbocycles. The Morgan fingerprint density at radius 1 is 0.873 bits per heavy atom. The van der Waals surface area contributed by atoms with Crippen molar-refractivity contribution in [2.75, 3.05) is 62.6 Å². The predicted molar refractivity (Wildman–Crippen MR) is 275 cm³/mol. The number of hydrogen-bond acceptors (Lipinski definition) is 10. The fourth-order valence-corrected chi connectivity index (χ4v) is 10.2. The highest BCUT2D eigenvalue weighted by atomic mass is 35.5. The van der Waals surface area contributed by atoms with Gasteiger partial charge in [0.05, 0.1) is 52.0 Å². The number of imide groups is 1. The number of nitrogens with one attached hydrogen (secondary N) is 2. The summed E-state index contributed by atoms with van der Waals surface area (Å²) >= 11 is 7.21. The van der Waals surface area contributed by atoms with Gasteiger partial charge in [-0.2, -0.15) is 5.10 Å². The van der Waals surface area contributed by atoms with Crippen LogP contribution in [0.5, 0.6) is 5.75 Å². The number of rotatable bonds is 14. The number of aromatic nitrogens is 4. The van der Waals surface area contributed by atoms with Crippen LogP contribution in [0, 0.1) is 26.6 Å². The van der Waals surface area contributed by atoms with Crippen molar-refractivity contribution in [3.05, 3.63) is 112 Å². The maximum Gasteiger partial charge on any atom is 0.355 e. The number of ether oxygens (including phenoxy) is 2. The lowest BCUT2D eigenvalue weighted by Crippen LogP contribution is -2.50. The van der Waals surface area contributed by atoms with Crippen LogP contribution in [0.2, 0.25) is 5.02 Å². The Morgan fingerprint density at radius 2 is 1.62 bits per heavy atom. The first-order valence-electron chi connectivity index (χ1n) is 24.1. The summed E-state index contributed by atoms with van der Waals surface area (Å²) in [7, 11) is 1.91. The number of pyridine rings is 1. The number of carbonyl (C=O) groups is 4. The van der Waals surface area contributed by atoms with Crippen molar-refractivity contribution in [3.8, 4) is 16.9 Å². The Morgan fingerprint density at radius 3 is 2.35 bits per heavy atom. The van der Waals surface area contributed by atoms with Gasteiger partial charge in [-0.3, -0.25) is 29.4 Å². The molecule has 0 unspecified atom stereocenters. The zero-order chi connectivity index (χ0) is 50.3. The van der Waals surface area contributed by atoms with Crippen molar-refractivity contribution >= 4 is 79.4 Å². The van der Waals surface area contributed by atoms with E-state index >= 15 is 0 Å². The van der Waals surface area contributed by atoms with Crippen molar-refractivity contribution in [2.24, 2.45) is 7.05 Å². The van der Waals surface area contributed by atoms with E-state index in [1.807, 2.05) is 113 Å². The molecule has 2 aliphatic rings. The number of aryl methyl sites for hydroxylation is 4. The summed E-state index contributed by atoms with van der Waals surface area (Å²) in [5, 5.41) is 14.2. The Hall–Kier alpha value is -7.04. The summed E-state index contributed by atoms with van der Waals surface area (Å²) in [6.45, 7) is 15.4. The van der Waals surface area contributed by atoms with Crippen molar-refractivity contribution in [1.82, 2.24) is 34.4 Å². The van der Waals surface area contributed by atoms with Crippen molar-refractivity contribution < 1.29 is 33.0 Å². The van der Waals surface area contributed by atoms with Crippen molar-refractivity contribution in [1.29, 1.82) is 0 Å². The number of nitrogens with zero attached hydrogens (tertiary/aromatic N) is 7. The second kappa shape index (κ2) is 20.0. The van der Waals surface area contributed by atoms with E-state index in [0.717, 1.165) is 55.1 Å². The van der Waals surface area contributed by atoms with Crippen LogP contribution >= 0.6 is 11.6 Å². The SMILES string of the molecule is Cc1nc2c(NCC(=O)N3CCN(CCn4c(C(=O)OC(C)(C)C)c(CCCOc5cccc6cc(F)ccc56)c5ccc(Cl)c(-c6c(C)nn(C)c6C)c54)CC3)cccc2cc1N1CCC(=O)NC1=O. The number of halogens is 2. The molecule has 0 atom stereocenters. The summed E-state index contributed by atoms with van der Waals surface area (Å²) in [4.78, 5) is 63.3. The molecule has 0 saturated carbocycles. The van der Waals surface area contributed by atoms with E-state index in [-0.39, 0.29) is 37.1 Å². The predicted octanol–water partition coefficient (Wildman–Crippen LogP) is 9.13. The van der Waals surface area contributed by atoms with E-state index in [4.69, 9.17) is 31.2 Å². The van der Waals surface area contributed by atoms with Gasteiger partial charge in [-0.1, -0.05) is 41.9 Å². The van der Waals surface area contributed by atoms with Gasteiger partial charge in [0.25, 0.3) is 0 Å². The largest absolute Gasteiger partial charge is 0.493 e. The van der Waals surface area contributed by atoms with Crippen LogP contribution < -0.4 is 20.3 Å². The van der Waals surface area contributed by atoms with Crippen LogP contribution in [-0.4, -0.2) is 111 Å². The molecule has 2 aliphatic heterocycles. The number of carbonyl (C=O) groups excluding carboxylic acids is 4. The zero-order valence-corrected chi connectivity index (χ0v) is 42.0. The average Bonchev–Trinajstić information content (AvgIpc) is 3.78. The number of para-hydroxylation sites is 1. The number of fused-ring (bicyclic) bond motifs is 3. The molecule has 370 valence electrons. The minimum absolute atomic E-state index is 0.0438. The highest BCUT2D eigenvalue weighted by Gasteiger charge is 2.32. The van der Waals surface area contributed by atoms with Gasteiger partial charge in [0.2, 0.25) is 11.8 Å². The van der Waals surface area contributed by atoms with E-state index in [1.54, 1.807) is 6.07 Å². The fraction of sp³-hybridized carbons (Fsp3) is 0.370. The first kappa shape index (κ1) is 49.0. The molecule has 0 radical (unpaired) electrons. The molecular weight excluding hydrogens is 925 g/mol. The first-order valence-corrected chi connectivity index (χ1v) is 24.5. The molecule has 5 heterocycles. The van der Waals surface area contributed by atoms with Crippen molar-refractivity contribution in [3.63, 3.8) is 0 Å². The van der Waals surface area contributed by atoms with Gasteiger partial charge in [-0.15, -0.1) is 0 Å². The van der Waals surface area contributed by atoms with Crippen LogP contribution in [-0.2, 0) is 34.3 Å². The Labute approximate surface area is 416 Å². The molecule has 7 aromatic rings. The lowest BCUT2D eigenvalue weighted by molar-refractivity contribution is -0.131. The normalized spacial score (nSPS) is 14.7. The molecule has 2 saturated heterocycles. The molecule has 2 fully saturated rings. The molecule has 2 N–H and O–H groups in total. The molecule has 9 rings (SSSR count). The molecular formula is C54H59ClFN9O6. The van der Waals surface area contributed by atoms with Crippen LogP contribution in [0.4, 0.5) is 20.6 Å². The maximum atomic E-state index is 14.6. The van der Waals surface area contributed by atoms with Crippen LogP contribution in [0.3, 0.4) is 0 Å². The lowest BCUT2D eigenvalue weighted by atomic mass is 9.98. The molecule has 3 aromatic heterocycles. The number of urea groups is 1. The lowest BCUT2D eigenvalue weighted by Gasteiger charge is -2.35. The minimum Gasteiger partial charge on any atom is -0.493 e. The number of piperazine rings is 1. The molecule has 71 heavy (non-hydrogen) atoms. The van der Waals surface area contributed by atoms with Gasteiger partial charge < -0.3 is 24.3 Å². The second-order valence-electron chi connectivity index (χ2n) is 19.3. The second-order valence-corrected chi connectivity index (χ2v) is 19.8. The standard InChI is InChI=1S/C54H59ClFN9O6/c1-32-43(64-21-20-45(66)59-53(64)69)30-36-12-8-14-42(49(36)58-32)57-31-46(67)63-25-22-62(23-26-63)24-27-65-50-40(18-19-41(55)48(50)47-33(2)60-61(7)34(47)3)39(51(65)52(68)71-54(4,5)6)13-10-28-70-44-15-9-11-35-29-37(56)16-17-38(35)44/h8-9,11-12,14-19,29-30,57H,10,13,20-28,31H2,1-7H3,(H,59,66,69). The monoisotopic (exact) mass is 983 g/mol. The zero-order valence-electron chi connectivity index (χ0n) is 41.2. The molecule has 0 spiro atoms. The van der Waals surface area contributed by atoms with Gasteiger partial charge >= 0.3 is 12.0 Å². The maximum absolute atomic E-state index is 14.6. The molecule has 0 bridgehead atoms. The Kier molecular flexibility index (Phi) is 13.8. The van der Waals surface area contributed by atoms with Crippen LogP contribution in [0.25, 0.3) is 43.7 Å². The Balaban J connectivity index is 0.942. The number of benzene rings is 4. The van der Waals surface area contributed by atoms with Gasteiger partial charge in [-0.05, 0) is 108 Å². The van der Waals surface area contributed by atoms with E-state index in [2.05, 4.69) is 20.1 Å². The van der Waals surface area contributed by atoms with E-state index in [1.165, 1.54) is 17.0 Å². The van der Waals surface area contributed by atoms with Crippen LogP contribution in [0.1, 0.15) is 66.7 Å². The highest BCUT2D eigenvalue weighted by Crippen LogP contribution is 2.43. The minimum atomic E-state index is -0.774. The topological polar surface area (TPSA) is 156 Å². The molecule has 15 nitrogen and oxygen atoms in total. The smallest absolute Gasteiger partial charge is 0.355 e. The Bertz CT molecular complexity index is 3240.